The number of alkyl halides is 3. The average molecular weight is 315 g/mol. The first kappa shape index (κ1) is 16.2. The first-order chi connectivity index (χ1) is 8.81. The Morgan fingerprint density at radius 2 is 2.21 bits per heavy atom. The highest BCUT2D eigenvalue weighted by molar-refractivity contribution is 8.01. The van der Waals surface area contributed by atoms with Gasteiger partial charge < -0.3 is 4.74 Å². The quantitative estimate of drug-likeness (QED) is 0.645. The number of anilines is 1. The fourth-order valence-corrected chi connectivity index (χ4v) is 2.60. The molecule has 5 nitrogen and oxygen atoms in total. The molecule has 1 heterocycles. The Kier molecular flexibility index (Phi) is 6.01. The van der Waals surface area contributed by atoms with Crippen LogP contribution >= 0.6 is 23.1 Å². The van der Waals surface area contributed by atoms with Crippen molar-refractivity contribution in [2.75, 3.05) is 17.7 Å². The molecule has 1 aromatic heterocycles. The van der Waals surface area contributed by atoms with E-state index in [1.807, 2.05) is 6.92 Å². The van der Waals surface area contributed by atoms with Crippen molar-refractivity contribution in [1.29, 1.82) is 0 Å². The lowest BCUT2D eigenvalue weighted by Crippen LogP contribution is -2.31. The fourth-order valence-electron chi connectivity index (χ4n) is 0.944. The lowest BCUT2D eigenvalue weighted by atomic mass is 10.4. The van der Waals surface area contributed by atoms with E-state index in [-0.39, 0.29) is 5.13 Å². The van der Waals surface area contributed by atoms with Crippen LogP contribution < -0.4 is 5.32 Å². The van der Waals surface area contributed by atoms with Gasteiger partial charge in [0.1, 0.15) is 12.7 Å². The summed E-state index contributed by atoms with van der Waals surface area (Å²) in [5.41, 5.74) is 0. The van der Waals surface area contributed by atoms with E-state index >= 15 is 0 Å². The summed E-state index contributed by atoms with van der Waals surface area (Å²) in [6.07, 6.45) is -5.67. The smallest absolute Gasteiger partial charge is 0.359 e. The van der Waals surface area contributed by atoms with Gasteiger partial charge in [-0.05, 0) is 12.7 Å². The second-order valence-electron chi connectivity index (χ2n) is 3.36. The first-order valence-electron chi connectivity index (χ1n) is 5.27. The number of nitrogens with zero attached hydrogens (tertiary/aromatic N) is 2. The summed E-state index contributed by atoms with van der Waals surface area (Å²) >= 11 is 2.62. The van der Waals surface area contributed by atoms with Gasteiger partial charge in [0, 0.05) is 0 Å². The number of carbonyl (C=O) groups excluding carboxylic acids is 1. The van der Waals surface area contributed by atoms with E-state index < -0.39 is 24.8 Å². The highest BCUT2D eigenvalue weighted by atomic mass is 32.2. The molecule has 19 heavy (non-hydrogen) atoms. The Morgan fingerprint density at radius 3 is 2.79 bits per heavy atom. The Bertz CT molecular complexity index is 425. The molecule has 0 bridgehead atoms. The number of hydrogen-bond donors (Lipinski definition) is 1. The lowest BCUT2D eigenvalue weighted by molar-refractivity contribution is -0.184. The van der Waals surface area contributed by atoms with E-state index in [4.69, 9.17) is 0 Å². The average Bonchev–Trinajstić information content (AvgIpc) is 2.73. The predicted molar refractivity (Wildman–Crippen MR) is 66.4 cm³/mol. The maximum atomic E-state index is 11.9. The van der Waals surface area contributed by atoms with Crippen LogP contribution in [0, 0.1) is 0 Å². The monoisotopic (exact) mass is 315 g/mol. The van der Waals surface area contributed by atoms with Gasteiger partial charge in [0.05, 0.1) is 0 Å². The minimum Gasteiger partial charge on any atom is -0.359 e. The molecule has 1 amide bonds. The summed E-state index contributed by atoms with van der Waals surface area (Å²) in [5.74, 6) is 0.127. The van der Waals surface area contributed by atoms with E-state index in [9.17, 15) is 18.0 Å². The molecule has 1 N–H and O–H groups in total. The van der Waals surface area contributed by atoms with Crippen molar-refractivity contribution in [2.45, 2.75) is 30.5 Å². The largest absolute Gasteiger partial charge is 0.411 e. The number of hydrogen-bond acceptors (Lipinski definition) is 6. The molecule has 10 heteroatoms. The third-order valence-electron chi connectivity index (χ3n) is 1.77. The number of amides is 1. The van der Waals surface area contributed by atoms with Crippen LogP contribution in [-0.2, 0) is 9.53 Å². The van der Waals surface area contributed by atoms with E-state index in [2.05, 4.69) is 20.3 Å². The van der Waals surface area contributed by atoms with Crippen molar-refractivity contribution in [3.8, 4) is 0 Å². The summed E-state index contributed by atoms with van der Waals surface area (Å²) in [7, 11) is 0. The van der Waals surface area contributed by atoms with Crippen LogP contribution in [0.3, 0.4) is 0 Å². The van der Waals surface area contributed by atoms with Crippen molar-refractivity contribution >= 4 is 34.1 Å². The minimum atomic E-state index is -4.46. The molecule has 108 valence electrons. The molecule has 0 aliphatic carbocycles. The van der Waals surface area contributed by atoms with Gasteiger partial charge in [-0.3, -0.25) is 10.1 Å². The highest BCUT2D eigenvalue weighted by Crippen LogP contribution is 2.25. The molecule has 0 saturated carbocycles. The maximum absolute atomic E-state index is 11.9. The Morgan fingerprint density at radius 1 is 1.53 bits per heavy atom. The van der Waals surface area contributed by atoms with Crippen LogP contribution in [0.1, 0.15) is 13.8 Å². The topological polar surface area (TPSA) is 64.1 Å². The van der Waals surface area contributed by atoms with Crippen LogP contribution in [0.2, 0.25) is 0 Å². The van der Waals surface area contributed by atoms with Crippen LogP contribution in [0.25, 0.3) is 0 Å². The molecule has 1 rings (SSSR count). The molecule has 0 aliphatic rings. The van der Waals surface area contributed by atoms with Crippen molar-refractivity contribution in [3.63, 3.8) is 0 Å². The standard InChI is InChI=1S/C9H12F3N3O2S2/c1-3-18-8-15-14-7(19-8)13-6(16)5(2)17-4-9(10,11)12/h5H,3-4H2,1-2H3,(H,13,14,16)/t5-/m0/s1. The number of carbonyl (C=O) groups is 1. The van der Waals surface area contributed by atoms with Gasteiger partial charge in [-0.15, -0.1) is 10.2 Å². The van der Waals surface area contributed by atoms with Crippen molar-refractivity contribution in [2.24, 2.45) is 0 Å². The molecule has 0 spiro atoms. The number of nitrogens with one attached hydrogen (secondary N) is 1. The second-order valence-corrected chi connectivity index (χ2v) is 5.85. The summed E-state index contributed by atoms with van der Waals surface area (Å²) in [6, 6.07) is 0. The van der Waals surface area contributed by atoms with Crippen LogP contribution in [0.4, 0.5) is 18.3 Å². The molecular weight excluding hydrogens is 303 g/mol. The zero-order chi connectivity index (χ0) is 14.5. The third-order valence-corrected chi connectivity index (χ3v) is 3.62. The minimum absolute atomic E-state index is 0.239. The molecule has 0 fully saturated rings. The van der Waals surface area contributed by atoms with Gasteiger partial charge in [-0.2, -0.15) is 13.2 Å². The fraction of sp³-hybridized carbons (Fsp3) is 0.667. The van der Waals surface area contributed by atoms with E-state index in [0.29, 0.717) is 4.34 Å². The number of aromatic nitrogens is 2. The van der Waals surface area contributed by atoms with E-state index in [1.54, 1.807) is 0 Å². The summed E-state index contributed by atoms with van der Waals surface area (Å²) in [5, 5.41) is 10.1. The Hall–Kier alpha value is -0.870. The first-order valence-corrected chi connectivity index (χ1v) is 7.07. The van der Waals surface area contributed by atoms with Crippen molar-refractivity contribution in [1.82, 2.24) is 10.2 Å². The van der Waals surface area contributed by atoms with Crippen molar-refractivity contribution in [3.05, 3.63) is 0 Å². The highest BCUT2D eigenvalue weighted by Gasteiger charge is 2.30. The number of rotatable bonds is 6. The van der Waals surface area contributed by atoms with Gasteiger partial charge in [-0.1, -0.05) is 30.0 Å². The molecule has 0 saturated heterocycles. The molecule has 0 aromatic carbocycles. The maximum Gasteiger partial charge on any atom is 0.411 e. The number of thioether (sulfide) groups is 1. The van der Waals surface area contributed by atoms with Crippen LogP contribution in [0.5, 0.6) is 0 Å². The van der Waals surface area contributed by atoms with E-state index in [1.165, 1.54) is 18.7 Å². The zero-order valence-corrected chi connectivity index (χ0v) is 11.8. The molecular formula is C9H12F3N3O2S2. The second kappa shape index (κ2) is 7.06. The SMILES string of the molecule is CCSc1nnc(NC(=O)[C@H](C)OCC(F)(F)F)s1. The van der Waals surface area contributed by atoms with Gasteiger partial charge in [0.2, 0.25) is 5.13 Å². The number of ether oxygens (including phenoxy) is 1. The van der Waals surface area contributed by atoms with E-state index in [0.717, 1.165) is 17.1 Å². The van der Waals surface area contributed by atoms with Gasteiger partial charge in [-0.25, -0.2) is 0 Å². The molecule has 1 aromatic rings. The summed E-state index contributed by atoms with van der Waals surface area (Å²) in [6.45, 7) is 1.72. The van der Waals surface area contributed by atoms with Crippen molar-refractivity contribution < 1.29 is 22.7 Å². The van der Waals surface area contributed by atoms with Gasteiger partial charge >= 0.3 is 6.18 Å². The van der Waals surface area contributed by atoms with Crippen LogP contribution in [-0.4, -0.2) is 40.7 Å². The lowest BCUT2D eigenvalue weighted by Gasteiger charge is -2.13. The van der Waals surface area contributed by atoms with Gasteiger partial charge in [0.15, 0.2) is 4.34 Å². The van der Waals surface area contributed by atoms with Gasteiger partial charge in [0.25, 0.3) is 5.91 Å². The molecule has 0 radical (unpaired) electrons. The zero-order valence-electron chi connectivity index (χ0n) is 10.2. The Balaban J connectivity index is 2.44. The Labute approximate surface area is 115 Å². The normalized spacial score (nSPS) is 13.3. The third kappa shape index (κ3) is 6.21. The molecule has 1 atom stereocenters. The summed E-state index contributed by atoms with van der Waals surface area (Å²) in [4.78, 5) is 11.5. The molecule has 0 aliphatic heterocycles. The summed E-state index contributed by atoms with van der Waals surface area (Å²) < 4.78 is 40.8. The van der Waals surface area contributed by atoms with Crippen LogP contribution in [0.15, 0.2) is 4.34 Å². The predicted octanol–water partition coefficient (Wildman–Crippen LogP) is 2.56. The molecule has 0 unspecified atom stereocenters. The number of halogens is 3.